The number of benzene rings is 2. The number of nitriles is 1. The summed E-state index contributed by atoms with van der Waals surface area (Å²) in [5.41, 5.74) is 2.80. The summed E-state index contributed by atoms with van der Waals surface area (Å²) in [7, 11) is 0. The molecule has 29 heavy (non-hydrogen) atoms. The SMILES string of the molecule is Cc1oc(NC(=O)/C=C/c2ccc(OCc3ccccc3Cl)cc2)c(C#N)c1C. The Morgan fingerprint density at radius 1 is 1.21 bits per heavy atom. The lowest BCUT2D eigenvalue weighted by Gasteiger charge is -2.07. The third-order valence-electron chi connectivity index (χ3n) is 4.39. The van der Waals surface area contributed by atoms with Crippen LogP contribution in [0.4, 0.5) is 5.88 Å². The molecule has 146 valence electrons. The topological polar surface area (TPSA) is 75.3 Å². The molecule has 0 saturated heterocycles. The van der Waals surface area contributed by atoms with Gasteiger partial charge >= 0.3 is 0 Å². The maximum absolute atomic E-state index is 12.1. The normalized spacial score (nSPS) is 10.7. The summed E-state index contributed by atoms with van der Waals surface area (Å²) in [4.78, 5) is 12.1. The number of nitrogens with zero attached hydrogens (tertiary/aromatic N) is 1. The minimum atomic E-state index is -0.380. The molecule has 1 N–H and O–H groups in total. The molecule has 0 saturated carbocycles. The second-order valence-electron chi connectivity index (χ2n) is 6.37. The van der Waals surface area contributed by atoms with Gasteiger partial charge in [0, 0.05) is 22.2 Å². The van der Waals surface area contributed by atoms with Crippen molar-refractivity contribution in [1.82, 2.24) is 0 Å². The fourth-order valence-corrected chi connectivity index (χ4v) is 2.82. The molecule has 2 aromatic carbocycles. The number of hydrogen-bond donors (Lipinski definition) is 1. The van der Waals surface area contributed by atoms with Crippen molar-refractivity contribution < 1.29 is 13.9 Å². The van der Waals surface area contributed by atoms with E-state index in [-0.39, 0.29) is 11.8 Å². The van der Waals surface area contributed by atoms with E-state index in [4.69, 9.17) is 20.8 Å². The molecule has 1 aromatic heterocycles. The van der Waals surface area contributed by atoms with Gasteiger partial charge < -0.3 is 9.15 Å². The van der Waals surface area contributed by atoms with Crippen LogP contribution in [0.5, 0.6) is 5.75 Å². The van der Waals surface area contributed by atoms with Crippen LogP contribution in [0.15, 0.2) is 59.0 Å². The number of furan rings is 1. The summed E-state index contributed by atoms with van der Waals surface area (Å²) in [6, 6.07) is 16.9. The highest BCUT2D eigenvalue weighted by Crippen LogP contribution is 2.25. The first-order valence-corrected chi connectivity index (χ1v) is 9.31. The summed E-state index contributed by atoms with van der Waals surface area (Å²) in [5.74, 6) is 1.09. The average Bonchev–Trinajstić information content (AvgIpc) is 2.99. The Hall–Kier alpha value is -3.49. The van der Waals surface area contributed by atoms with Gasteiger partial charge in [-0.1, -0.05) is 41.9 Å². The van der Waals surface area contributed by atoms with Crippen LogP contribution >= 0.6 is 11.6 Å². The third-order valence-corrected chi connectivity index (χ3v) is 4.76. The number of rotatable bonds is 6. The number of carbonyl (C=O) groups is 1. The van der Waals surface area contributed by atoms with Gasteiger partial charge in [0.25, 0.3) is 5.91 Å². The van der Waals surface area contributed by atoms with Gasteiger partial charge in [0.05, 0.1) is 0 Å². The van der Waals surface area contributed by atoms with E-state index in [1.54, 1.807) is 19.9 Å². The van der Waals surface area contributed by atoms with Crippen molar-refractivity contribution in [2.75, 3.05) is 5.32 Å². The molecule has 6 heteroatoms. The lowest BCUT2D eigenvalue weighted by molar-refractivity contribution is -0.111. The number of ether oxygens (including phenoxy) is 1. The molecular formula is C23H19ClN2O3. The van der Waals surface area contributed by atoms with Crippen LogP contribution in [0.3, 0.4) is 0 Å². The molecule has 0 bridgehead atoms. The minimum absolute atomic E-state index is 0.167. The molecule has 0 fully saturated rings. The number of aryl methyl sites for hydroxylation is 1. The molecule has 0 radical (unpaired) electrons. The van der Waals surface area contributed by atoms with Crippen LogP contribution < -0.4 is 10.1 Å². The first-order valence-electron chi connectivity index (χ1n) is 8.93. The summed E-state index contributed by atoms with van der Waals surface area (Å²) >= 11 is 6.12. The van der Waals surface area contributed by atoms with E-state index in [0.29, 0.717) is 28.7 Å². The lowest BCUT2D eigenvalue weighted by atomic mass is 10.2. The summed E-state index contributed by atoms with van der Waals surface area (Å²) in [6.45, 7) is 3.90. The van der Waals surface area contributed by atoms with E-state index in [9.17, 15) is 10.1 Å². The van der Waals surface area contributed by atoms with Crippen molar-refractivity contribution in [3.05, 3.63) is 87.6 Å². The number of carbonyl (C=O) groups excluding carboxylic acids is 1. The molecule has 0 aliphatic carbocycles. The van der Waals surface area contributed by atoms with Gasteiger partial charge in [-0.25, -0.2) is 0 Å². The van der Waals surface area contributed by atoms with Gasteiger partial charge in [0.2, 0.25) is 5.88 Å². The quantitative estimate of drug-likeness (QED) is 0.536. The van der Waals surface area contributed by atoms with Crippen molar-refractivity contribution >= 4 is 29.5 Å². The Bertz CT molecular complexity index is 1090. The molecule has 0 atom stereocenters. The van der Waals surface area contributed by atoms with E-state index in [2.05, 4.69) is 5.32 Å². The summed E-state index contributed by atoms with van der Waals surface area (Å²) < 4.78 is 11.2. The van der Waals surface area contributed by atoms with Gasteiger partial charge in [-0.15, -0.1) is 0 Å². The fraction of sp³-hybridized carbons (Fsp3) is 0.130. The Balaban J connectivity index is 1.58. The predicted octanol–water partition coefficient (Wildman–Crippen LogP) is 5.65. The van der Waals surface area contributed by atoms with E-state index in [0.717, 1.165) is 16.7 Å². The molecule has 1 amide bonds. The molecule has 0 unspecified atom stereocenters. The van der Waals surface area contributed by atoms with Crippen LogP contribution in [0.2, 0.25) is 5.02 Å². The van der Waals surface area contributed by atoms with Crippen molar-refractivity contribution in [3.63, 3.8) is 0 Å². The number of nitrogens with one attached hydrogen (secondary N) is 1. The maximum atomic E-state index is 12.1. The Labute approximate surface area is 174 Å². The third kappa shape index (κ3) is 5.07. The van der Waals surface area contributed by atoms with Crippen molar-refractivity contribution in [1.29, 1.82) is 5.26 Å². The van der Waals surface area contributed by atoms with Gasteiger partial charge in [0.15, 0.2) is 0 Å². The predicted molar refractivity (Wildman–Crippen MR) is 113 cm³/mol. The second-order valence-corrected chi connectivity index (χ2v) is 6.78. The second kappa shape index (κ2) is 9.13. The van der Waals surface area contributed by atoms with E-state index < -0.39 is 0 Å². The number of anilines is 1. The molecule has 5 nitrogen and oxygen atoms in total. The zero-order chi connectivity index (χ0) is 20.8. The van der Waals surface area contributed by atoms with Crippen LogP contribution in [0, 0.1) is 25.2 Å². The van der Waals surface area contributed by atoms with E-state index in [1.807, 2.05) is 54.6 Å². The lowest BCUT2D eigenvalue weighted by Crippen LogP contribution is -2.08. The van der Waals surface area contributed by atoms with Crippen molar-refractivity contribution in [3.8, 4) is 11.8 Å². The highest BCUT2D eigenvalue weighted by atomic mass is 35.5. The minimum Gasteiger partial charge on any atom is -0.489 e. The van der Waals surface area contributed by atoms with Gasteiger partial charge in [-0.2, -0.15) is 5.26 Å². The Morgan fingerprint density at radius 2 is 1.93 bits per heavy atom. The number of hydrogen-bond acceptors (Lipinski definition) is 4. The molecule has 3 rings (SSSR count). The number of halogens is 1. The zero-order valence-corrected chi connectivity index (χ0v) is 16.8. The Kier molecular flexibility index (Phi) is 6.38. The van der Waals surface area contributed by atoms with Crippen LogP contribution in [0.1, 0.15) is 28.0 Å². The van der Waals surface area contributed by atoms with Crippen molar-refractivity contribution in [2.45, 2.75) is 20.5 Å². The first kappa shape index (κ1) is 20.2. The standard InChI is InChI=1S/C23H19ClN2O3/c1-15-16(2)29-23(20(15)13-25)26-22(27)12-9-17-7-10-19(11-8-17)28-14-18-5-3-4-6-21(18)24/h3-12H,14H2,1-2H3,(H,26,27)/b12-9+. The molecular weight excluding hydrogens is 388 g/mol. The fourth-order valence-electron chi connectivity index (χ4n) is 2.63. The largest absolute Gasteiger partial charge is 0.489 e. The summed E-state index contributed by atoms with van der Waals surface area (Å²) in [6.07, 6.45) is 3.05. The molecule has 0 aliphatic heterocycles. The highest BCUT2D eigenvalue weighted by Gasteiger charge is 2.15. The van der Waals surface area contributed by atoms with Crippen LogP contribution in [0.25, 0.3) is 6.08 Å². The van der Waals surface area contributed by atoms with Gasteiger partial charge in [-0.05, 0) is 43.7 Å². The molecule has 0 spiro atoms. The zero-order valence-electron chi connectivity index (χ0n) is 16.0. The highest BCUT2D eigenvalue weighted by molar-refractivity contribution is 6.31. The van der Waals surface area contributed by atoms with E-state index >= 15 is 0 Å². The Morgan fingerprint density at radius 3 is 2.62 bits per heavy atom. The smallest absolute Gasteiger partial charge is 0.250 e. The van der Waals surface area contributed by atoms with Crippen molar-refractivity contribution in [2.24, 2.45) is 0 Å². The van der Waals surface area contributed by atoms with Crippen LogP contribution in [-0.2, 0) is 11.4 Å². The number of amides is 1. The molecule has 1 heterocycles. The van der Waals surface area contributed by atoms with Gasteiger partial charge in [0.1, 0.15) is 29.7 Å². The first-order chi connectivity index (χ1) is 14.0. The van der Waals surface area contributed by atoms with Crippen LogP contribution in [-0.4, -0.2) is 5.91 Å². The van der Waals surface area contributed by atoms with Gasteiger partial charge in [-0.3, -0.25) is 10.1 Å². The summed E-state index contributed by atoms with van der Waals surface area (Å²) in [5, 5.41) is 12.5. The van der Waals surface area contributed by atoms with E-state index in [1.165, 1.54) is 6.08 Å². The monoisotopic (exact) mass is 406 g/mol. The molecule has 3 aromatic rings. The molecule has 0 aliphatic rings. The average molecular weight is 407 g/mol. The maximum Gasteiger partial charge on any atom is 0.250 e.